The van der Waals surface area contributed by atoms with Gasteiger partial charge in [0.2, 0.25) is 0 Å². The number of anilines is 3. The largest absolute Gasteiger partial charge is 0.465 e. The van der Waals surface area contributed by atoms with E-state index >= 15 is 0 Å². The number of aromatic nitrogens is 1. The lowest BCUT2D eigenvalue weighted by Crippen LogP contribution is -2.07. The number of halogens is 1. The first-order valence-corrected chi connectivity index (χ1v) is 7.20. The van der Waals surface area contributed by atoms with E-state index in [1.165, 1.54) is 24.5 Å². The van der Waals surface area contributed by atoms with Gasteiger partial charge in [-0.1, -0.05) is 13.8 Å². The van der Waals surface area contributed by atoms with Crippen LogP contribution in [0.4, 0.5) is 20.9 Å². The maximum Gasteiger partial charge on any atom is 0.340 e. The van der Waals surface area contributed by atoms with Crippen molar-refractivity contribution in [3.63, 3.8) is 0 Å². The standard InChI is InChI=1S/C14H16FN3O2S/c1-7(2)12-6-21-14(18-12)17-11-4-8(13(19)20-3)10(16)5-9(11)15/h4-7H,16H2,1-3H3,(H,17,18). The van der Waals surface area contributed by atoms with E-state index in [2.05, 4.69) is 15.0 Å². The van der Waals surface area contributed by atoms with Crippen LogP contribution in [-0.2, 0) is 4.74 Å². The molecule has 21 heavy (non-hydrogen) atoms. The minimum Gasteiger partial charge on any atom is -0.465 e. The first kappa shape index (κ1) is 15.2. The number of carbonyl (C=O) groups is 1. The summed E-state index contributed by atoms with van der Waals surface area (Å²) >= 11 is 1.37. The molecule has 0 bridgehead atoms. The average molecular weight is 309 g/mol. The fourth-order valence-corrected chi connectivity index (χ4v) is 2.58. The second-order valence-electron chi connectivity index (χ2n) is 4.77. The number of nitrogens with one attached hydrogen (secondary N) is 1. The molecule has 0 saturated carbocycles. The van der Waals surface area contributed by atoms with Crippen molar-refractivity contribution in [2.75, 3.05) is 18.2 Å². The van der Waals surface area contributed by atoms with Gasteiger partial charge in [0.15, 0.2) is 5.13 Å². The van der Waals surface area contributed by atoms with Crippen LogP contribution in [0, 0.1) is 5.82 Å². The first-order valence-electron chi connectivity index (χ1n) is 6.32. The van der Waals surface area contributed by atoms with Crippen molar-refractivity contribution >= 4 is 33.8 Å². The fourth-order valence-electron chi connectivity index (χ4n) is 1.70. The van der Waals surface area contributed by atoms with Crippen molar-refractivity contribution in [1.82, 2.24) is 4.98 Å². The van der Waals surface area contributed by atoms with Crippen molar-refractivity contribution in [2.45, 2.75) is 19.8 Å². The van der Waals surface area contributed by atoms with Gasteiger partial charge in [0.05, 0.1) is 24.1 Å². The lowest BCUT2D eigenvalue weighted by Gasteiger charge is -2.09. The van der Waals surface area contributed by atoms with Gasteiger partial charge in [-0.2, -0.15) is 0 Å². The molecule has 1 heterocycles. The number of thiazole rings is 1. The Hall–Kier alpha value is -2.15. The molecule has 0 saturated heterocycles. The van der Waals surface area contributed by atoms with Gasteiger partial charge < -0.3 is 15.8 Å². The van der Waals surface area contributed by atoms with Gasteiger partial charge in [-0.05, 0) is 18.1 Å². The minimum atomic E-state index is -0.613. The van der Waals surface area contributed by atoms with Crippen LogP contribution in [0.25, 0.3) is 0 Å². The number of ether oxygens (including phenoxy) is 1. The maximum atomic E-state index is 13.9. The lowest BCUT2D eigenvalue weighted by atomic mass is 10.1. The predicted molar refractivity (Wildman–Crippen MR) is 81.6 cm³/mol. The Labute approximate surface area is 126 Å². The Morgan fingerprint density at radius 2 is 2.19 bits per heavy atom. The second kappa shape index (κ2) is 6.09. The third kappa shape index (κ3) is 3.30. The molecule has 2 aromatic rings. The van der Waals surface area contributed by atoms with E-state index < -0.39 is 11.8 Å². The van der Waals surface area contributed by atoms with E-state index in [9.17, 15) is 9.18 Å². The van der Waals surface area contributed by atoms with E-state index in [4.69, 9.17) is 5.73 Å². The number of methoxy groups -OCH3 is 1. The van der Waals surface area contributed by atoms with Crippen molar-refractivity contribution < 1.29 is 13.9 Å². The highest BCUT2D eigenvalue weighted by molar-refractivity contribution is 7.13. The molecule has 0 atom stereocenters. The van der Waals surface area contributed by atoms with E-state index in [0.717, 1.165) is 11.8 Å². The molecule has 0 aliphatic heterocycles. The summed E-state index contributed by atoms with van der Waals surface area (Å²) in [5.74, 6) is -0.877. The van der Waals surface area contributed by atoms with Gasteiger partial charge in [0.1, 0.15) is 5.82 Å². The van der Waals surface area contributed by atoms with Crippen LogP contribution in [-0.4, -0.2) is 18.1 Å². The van der Waals surface area contributed by atoms with Crippen LogP contribution >= 0.6 is 11.3 Å². The number of hydrogen-bond donors (Lipinski definition) is 2. The van der Waals surface area contributed by atoms with Gasteiger partial charge in [-0.15, -0.1) is 11.3 Å². The Balaban J connectivity index is 2.32. The fraction of sp³-hybridized carbons (Fsp3) is 0.286. The number of carbonyl (C=O) groups excluding carboxylic acids is 1. The van der Waals surface area contributed by atoms with Crippen LogP contribution in [0.1, 0.15) is 35.8 Å². The highest BCUT2D eigenvalue weighted by Crippen LogP contribution is 2.28. The quantitative estimate of drug-likeness (QED) is 0.667. The third-order valence-corrected chi connectivity index (χ3v) is 3.68. The van der Waals surface area contributed by atoms with Crippen molar-refractivity contribution in [3.8, 4) is 0 Å². The van der Waals surface area contributed by atoms with Crippen LogP contribution in [0.2, 0.25) is 0 Å². The summed E-state index contributed by atoms with van der Waals surface area (Å²) < 4.78 is 18.5. The van der Waals surface area contributed by atoms with Crippen molar-refractivity contribution in [2.24, 2.45) is 0 Å². The van der Waals surface area contributed by atoms with Crippen LogP contribution in [0.5, 0.6) is 0 Å². The predicted octanol–water partition coefficient (Wildman–Crippen LogP) is 3.52. The zero-order valence-corrected chi connectivity index (χ0v) is 12.8. The van der Waals surface area contributed by atoms with E-state index in [0.29, 0.717) is 11.0 Å². The molecule has 0 aliphatic rings. The zero-order valence-electron chi connectivity index (χ0n) is 11.9. The molecule has 7 heteroatoms. The summed E-state index contributed by atoms with van der Waals surface area (Å²) in [6.45, 7) is 4.05. The van der Waals surface area contributed by atoms with Gasteiger partial charge >= 0.3 is 5.97 Å². The summed E-state index contributed by atoms with van der Waals surface area (Å²) in [4.78, 5) is 15.9. The van der Waals surface area contributed by atoms with Gasteiger partial charge in [0, 0.05) is 11.1 Å². The number of hydrogen-bond acceptors (Lipinski definition) is 6. The Bertz CT molecular complexity index is 670. The molecule has 1 aromatic heterocycles. The van der Waals surface area contributed by atoms with E-state index in [1.807, 2.05) is 19.2 Å². The molecule has 0 spiro atoms. The van der Waals surface area contributed by atoms with Gasteiger partial charge in [0.25, 0.3) is 0 Å². The van der Waals surface area contributed by atoms with Crippen LogP contribution < -0.4 is 11.1 Å². The minimum absolute atomic E-state index is 0.0342. The summed E-state index contributed by atoms with van der Waals surface area (Å²) in [5, 5.41) is 5.32. The normalized spacial score (nSPS) is 10.7. The molecule has 1 aromatic carbocycles. The number of benzene rings is 1. The molecule has 0 aliphatic carbocycles. The van der Waals surface area contributed by atoms with E-state index in [1.54, 1.807) is 0 Å². The highest BCUT2D eigenvalue weighted by atomic mass is 32.1. The summed E-state index contributed by atoms with van der Waals surface area (Å²) in [6.07, 6.45) is 0. The van der Waals surface area contributed by atoms with Crippen molar-refractivity contribution in [1.29, 1.82) is 0 Å². The Kier molecular flexibility index (Phi) is 4.42. The topological polar surface area (TPSA) is 77.2 Å². The molecule has 5 nitrogen and oxygen atoms in total. The van der Waals surface area contributed by atoms with E-state index in [-0.39, 0.29) is 16.9 Å². The van der Waals surface area contributed by atoms with Crippen molar-refractivity contribution in [3.05, 3.63) is 34.6 Å². The zero-order chi connectivity index (χ0) is 15.6. The lowest BCUT2D eigenvalue weighted by molar-refractivity contribution is 0.0602. The number of nitrogens with two attached hydrogens (primary N) is 1. The summed E-state index contributed by atoms with van der Waals surface area (Å²) in [7, 11) is 1.24. The Morgan fingerprint density at radius 3 is 2.76 bits per heavy atom. The summed E-state index contributed by atoms with van der Waals surface area (Å²) in [5.41, 5.74) is 6.83. The van der Waals surface area contributed by atoms with Gasteiger partial charge in [-0.25, -0.2) is 14.2 Å². The molecular formula is C14H16FN3O2S. The molecule has 0 unspecified atom stereocenters. The molecule has 2 rings (SSSR count). The molecule has 0 amide bonds. The molecule has 0 radical (unpaired) electrons. The van der Waals surface area contributed by atoms with Crippen LogP contribution in [0.15, 0.2) is 17.5 Å². The smallest absolute Gasteiger partial charge is 0.340 e. The number of rotatable bonds is 4. The number of nitrogens with zero attached hydrogens (tertiary/aromatic N) is 1. The third-order valence-electron chi connectivity index (χ3n) is 2.90. The summed E-state index contributed by atoms with van der Waals surface area (Å²) in [6, 6.07) is 2.42. The number of nitrogen functional groups attached to an aromatic ring is 1. The number of esters is 1. The van der Waals surface area contributed by atoms with Crippen LogP contribution in [0.3, 0.4) is 0 Å². The molecule has 3 N–H and O–H groups in total. The molecule has 0 fully saturated rings. The SMILES string of the molecule is COC(=O)c1cc(Nc2nc(C(C)C)cs2)c(F)cc1N. The first-order chi connectivity index (χ1) is 9.92. The Morgan fingerprint density at radius 1 is 1.48 bits per heavy atom. The monoisotopic (exact) mass is 309 g/mol. The second-order valence-corrected chi connectivity index (χ2v) is 5.63. The maximum absolute atomic E-state index is 13.9. The molecule has 112 valence electrons. The molecular weight excluding hydrogens is 293 g/mol. The average Bonchev–Trinajstić information content (AvgIpc) is 2.89. The highest BCUT2D eigenvalue weighted by Gasteiger charge is 2.16. The van der Waals surface area contributed by atoms with Gasteiger partial charge in [-0.3, -0.25) is 0 Å².